The van der Waals surface area contributed by atoms with Crippen molar-refractivity contribution in [3.63, 3.8) is 0 Å². The van der Waals surface area contributed by atoms with Crippen LogP contribution in [0.4, 0.5) is 0 Å². The molecule has 0 unspecified atom stereocenters. The van der Waals surface area contributed by atoms with Gasteiger partial charge in [-0.05, 0) is 53.1 Å². The van der Waals surface area contributed by atoms with Gasteiger partial charge in [0.25, 0.3) is 0 Å². The van der Waals surface area contributed by atoms with Crippen LogP contribution >= 0.6 is 35.0 Å². The Morgan fingerprint density at radius 2 is 1.82 bits per heavy atom. The molecule has 0 aliphatic rings. The summed E-state index contributed by atoms with van der Waals surface area (Å²) in [6, 6.07) is 21.3. The highest BCUT2D eigenvalue weighted by Gasteiger charge is 2.17. The fraction of sp³-hybridized carbons (Fsp3) is 0.222. The van der Waals surface area contributed by atoms with Gasteiger partial charge in [0, 0.05) is 22.6 Å². The minimum atomic E-state index is -0.196. The van der Waals surface area contributed by atoms with Crippen LogP contribution in [-0.4, -0.2) is 35.0 Å². The number of rotatable bonds is 10. The van der Waals surface area contributed by atoms with Crippen LogP contribution in [0.15, 0.2) is 76.4 Å². The molecule has 0 atom stereocenters. The topological polar surface area (TPSA) is 94.3 Å². The Balaban J connectivity index is 1.32. The Labute approximate surface area is 234 Å². The van der Waals surface area contributed by atoms with Gasteiger partial charge in [0.1, 0.15) is 5.82 Å². The summed E-state index contributed by atoms with van der Waals surface area (Å²) in [5, 5.41) is 19.9. The van der Waals surface area contributed by atoms with Crippen LogP contribution in [0.3, 0.4) is 0 Å². The van der Waals surface area contributed by atoms with Crippen LogP contribution in [0.5, 0.6) is 0 Å². The average molecular weight is 567 g/mol. The van der Waals surface area contributed by atoms with Gasteiger partial charge in [-0.25, -0.2) is 4.79 Å². The molecule has 0 aliphatic heterocycles. The van der Waals surface area contributed by atoms with E-state index in [1.807, 2.05) is 42.5 Å². The average Bonchev–Trinajstić information content (AvgIpc) is 3.57. The number of para-hydroxylation sites is 1. The molecule has 0 saturated carbocycles. The van der Waals surface area contributed by atoms with E-state index in [2.05, 4.69) is 44.8 Å². The molecule has 2 heterocycles. The van der Waals surface area contributed by atoms with E-state index in [1.165, 1.54) is 4.68 Å². The molecule has 0 fully saturated rings. The molecule has 194 valence electrons. The maximum Gasteiger partial charge on any atom is 0.351 e. The van der Waals surface area contributed by atoms with Crippen LogP contribution in [-0.2, 0) is 18.7 Å². The van der Waals surface area contributed by atoms with E-state index in [0.717, 1.165) is 46.7 Å². The van der Waals surface area contributed by atoms with Gasteiger partial charge in [-0.3, -0.25) is 4.57 Å². The number of halogens is 2. The van der Waals surface area contributed by atoms with Crippen molar-refractivity contribution in [2.24, 2.45) is 0 Å². The van der Waals surface area contributed by atoms with Crippen LogP contribution < -0.4 is 5.69 Å². The lowest BCUT2D eigenvalue weighted by Crippen LogP contribution is -2.25. The van der Waals surface area contributed by atoms with Crippen molar-refractivity contribution in [1.82, 2.24) is 35.0 Å². The Bertz CT molecular complexity index is 1580. The van der Waals surface area contributed by atoms with Crippen molar-refractivity contribution in [2.75, 3.05) is 0 Å². The van der Waals surface area contributed by atoms with E-state index in [-0.39, 0.29) is 5.69 Å². The largest absolute Gasteiger partial charge is 0.351 e. The number of unbranched alkanes of at least 4 members (excludes halogenated alkanes) is 1. The number of thioether (sulfide) groups is 1. The van der Waals surface area contributed by atoms with Gasteiger partial charge < -0.3 is 0 Å². The fourth-order valence-corrected chi connectivity index (χ4v) is 5.53. The summed E-state index contributed by atoms with van der Waals surface area (Å²) in [5.74, 6) is 1.92. The summed E-state index contributed by atoms with van der Waals surface area (Å²) in [6.07, 6.45) is 2.69. The maximum atomic E-state index is 13.4. The van der Waals surface area contributed by atoms with Gasteiger partial charge >= 0.3 is 5.69 Å². The van der Waals surface area contributed by atoms with Gasteiger partial charge in [0.15, 0.2) is 0 Å². The number of tetrazole rings is 1. The molecule has 0 bridgehead atoms. The molecular formula is C27H25Cl2N7OS. The number of aryl methyl sites for hydroxylation is 1. The predicted octanol–water partition coefficient (Wildman–Crippen LogP) is 6.20. The van der Waals surface area contributed by atoms with Crippen LogP contribution in [0.1, 0.15) is 36.7 Å². The molecule has 3 aromatic carbocycles. The lowest BCUT2D eigenvalue weighted by molar-refractivity contribution is 0.666. The molecule has 0 aliphatic carbocycles. The highest BCUT2D eigenvalue weighted by atomic mass is 35.5. The van der Waals surface area contributed by atoms with E-state index in [0.29, 0.717) is 33.9 Å². The number of hydrogen-bond donors (Lipinski definition) is 1. The zero-order chi connectivity index (χ0) is 26.5. The zero-order valence-corrected chi connectivity index (χ0v) is 23.0. The first-order valence-corrected chi connectivity index (χ1v) is 14.0. The number of aromatic nitrogens is 7. The molecule has 1 N–H and O–H groups in total. The standard InChI is InChI=1S/C27H25Cl2N7OS/c1-2-3-11-24-32-36(23-10-5-4-9-22(23)28)27(37)35(24)16-18-12-14-20(15-13-18)38-17-19-7-6-8-21(25(19)29)26-30-33-34-31-26/h4-10,12-15H,2-3,11,16-17H2,1H3,(H,30,31,33,34). The second-order valence-electron chi connectivity index (χ2n) is 8.70. The number of benzene rings is 3. The van der Waals surface area contributed by atoms with E-state index in [1.54, 1.807) is 28.5 Å². The van der Waals surface area contributed by atoms with Crippen molar-refractivity contribution in [2.45, 2.75) is 43.4 Å². The van der Waals surface area contributed by atoms with E-state index >= 15 is 0 Å². The highest BCUT2D eigenvalue weighted by Crippen LogP contribution is 2.32. The highest BCUT2D eigenvalue weighted by molar-refractivity contribution is 7.98. The van der Waals surface area contributed by atoms with Gasteiger partial charge in [-0.2, -0.15) is 9.90 Å². The predicted molar refractivity (Wildman–Crippen MR) is 151 cm³/mol. The molecule has 2 aromatic heterocycles. The van der Waals surface area contributed by atoms with Crippen molar-refractivity contribution in [3.05, 3.63) is 104 Å². The molecule has 0 spiro atoms. The quantitative estimate of drug-likeness (QED) is 0.202. The first-order valence-electron chi connectivity index (χ1n) is 12.2. The number of aromatic amines is 1. The van der Waals surface area contributed by atoms with Gasteiger partial charge in [0.2, 0.25) is 5.82 Å². The minimum absolute atomic E-state index is 0.196. The van der Waals surface area contributed by atoms with Crippen LogP contribution in [0.25, 0.3) is 17.1 Å². The maximum absolute atomic E-state index is 13.4. The molecule has 8 nitrogen and oxygen atoms in total. The monoisotopic (exact) mass is 565 g/mol. The number of nitrogens with zero attached hydrogens (tertiary/aromatic N) is 6. The fourth-order valence-electron chi connectivity index (χ4n) is 4.07. The normalized spacial score (nSPS) is 11.2. The second kappa shape index (κ2) is 12.0. The lowest BCUT2D eigenvalue weighted by atomic mass is 10.1. The molecule has 11 heteroatoms. The Morgan fingerprint density at radius 1 is 1.00 bits per heavy atom. The summed E-state index contributed by atoms with van der Waals surface area (Å²) in [6.45, 7) is 2.56. The molecule has 5 rings (SSSR count). The Hall–Kier alpha value is -3.40. The van der Waals surface area contributed by atoms with E-state index in [9.17, 15) is 4.79 Å². The van der Waals surface area contributed by atoms with Gasteiger partial charge in [-0.1, -0.05) is 72.9 Å². The second-order valence-corrected chi connectivity index (χ2v) is 10.5. The molecule has 0 radical (unpaired) electrons. The minimum Gasteiger partial charge on any atom is -0.274 e. The van der Waals surface area contributed by atoms with E-state index < -0.39 is 0 Å². The number of H-pyrrole nitrogens is 1. The number of hydrogen-bond acceptors (Lipinski definition) is 6. The Morgan fingerprint density at radius 3 is 2.55 bits per heavy atom. The van der Waals surface area contributed by atoms with Gasteiger partial charge in [0.05, 0.1) is 22.3 Å². The summed E-state index contributed by atoms with van der Waals surface area (Å²) in [4.78, 5) is 14.5. The first-order chi connectivity index (χ1) is 18.5. The third kappa shape index (κ3) is 5.70. The third-order valence-corrected chi connectivity index (χ3v) is 7.92. The molecule has 5 aromatic rings. The van der Waals surface area contributed by atoms with E-state index in [4.69, 9.17) is 23.2 Å². The lowest BCUT2D eigenvalue weighted by Gasteiger charge is -2.09. The summed E-state index contributed by atoms with van der Waals surface area (Å²) >= 11 is 14.7. The van der Waals surface area contributed by atoms with Crippen molar-refractivity contribution in [1.29, 1.82) is 0 Å². The summed E-state index contributed by atoms with van der Waals surface area (Å²) < 4.78 is 3.15. The van der Waals surface area contributed by atoms with Gasteiger partial charge in [-0.15, -0.1) is 27.1 Å². The zero-order valence-electron chi connectivity index (χ0n) is 20.6. The van der Waals surface area contributed by atoms with Crippen LogP contribution in [0, 0.1) is 0 Å². The molecule has 0 amide bonds. The molecule has 38 heavy (non-hydrogen) atoms. The summed E-state index contributed by atoms with van der Waals surface area (Å²) in [5.41, 5.74) is 3.14. The summed E-state index contributed by atoms with van der Waals surface area (Å²) in [7, 11) is 0. The smallest absolute Gasteiger partial charge is 0.274 e. The SMILES string of the molecule is CCCCc1nn(-c2ccccc2Cl)c(=O)n1Cc1ccc(SCc2cccc(-c3nn[nH]n3)c2Cl)cc1. The number of nitrogens with one attached hydrogen (secondary N) is 1. The molecular weight excluding hydrogens is 541 g/mol. The van der Waals surface area contributed by atoms with Crippen molar-refractivity contribution in [3.8, 4) is 17.1 Å². The third-order valence-electron chi connectivity index (χ3n) is 6.10. The van der Waals surface area contributed by atoms with Crippen molar-refractivity contribution < 1.29 is 0 Å². The van der Waals surface area contributed by atoms with Crippen molar-refractivity contribution >= 4 is 35.0 Å². The Kier molecular flexibility index (Phi) is 8.26. The van der Waals surface area contributed by atoms with Crippen LogP contribution in [0.2, 0.25) is 10.0 Å². The molecule has 0 saturated heterocycles. The first kappa shape index (κ1) is 26.2.